The highest BCUT2D eigenvalue weighted by Crippen LogP contribution is 2.33. The molecule has 5 N–H and O–H groups in total. The lowest BCUT2D eigenvalue weighted by molar-refractivity contribution is 0.388. The van der Waals surface area contributed by atoms with Gasteiger partial charge in [-0.05, 0) is 45.0 Å². The van der Waals surface area contributed by atoms with E-state index < -0.39 is 5.66 Å². The molecule has 0 fully saturated rings. The SMILES string of the molecule is CCn1c(=O)c(C(C)(NN)Nc2ccc(C)cc2)c(O)c2ccccc21. The fraction of sp³-hybridized carbons (Fsp3) is 0.250. The number of benzene rings is 2. The van der Waals surface area contributed by atoms with E-state index >= 15 is 0 Å². The molecule has 0 saturated carbocycles. The van der Waals surface area contributed by atoms with Gasteiger partial charge in [0.25, 0.3) is 5.56 Å². The zero-order chi connectivity index (χ0) is 18.9. The summed E-state index contributed by atoms with van der Waals surface area (Å²) in [5.74, 6) is 5.74. The smallest absolute Gasteiger partial charge is 0.261 e. The molecule has 6 heteroatoms. The number of pyridine rings is 1. The van der Waals surface area contributed by atoms with Gasteiger partial charge in [0.1, 0.15) is 17.0 Å². The molecule has 0 spiro atoms. The first-order chi connectivity index (χ1) is 12.4. The second-order valence-electron chi connectivity index (χ2n) is 6.55. The number of anilines is 1. The van der Waals surface area contributed by atoms with Crippen molar-refractivity contribution >= 4 is 16.6 Å². The zero-order valence-corrected chi connectivity index (χ0v) is 15.2. The predicted octanol–water partition coefficient (Wildman–Crippen LogP) is 2.78. The van der Waals surface area contributed by atoms with Crippen molar-refractivity contribution in [1.29, 1.82) is 0 Å². The molecule has 0 radical (unpaired) electrons. The molecular formula is C20H24N4O2. The first-order valence-corrected chi connectivity index (χ1v) is 8.59. The van der Waals surface area contributed by atoms with Crippen molar-refractivity contribution in [1.82, 2.24) is 9.99 Å². The minimum absolute atomic E-state index is 0.0737. The highest BCUT2D eigenvalue weighted by Gasteiger charge is 2.33. The van der Waals surface area contributed by atoms with Crippen molar-refractivity contribution in [2.75, 3.05) is 5.32 Å². The van der Waals surface area contributed by atoms with Gasteiger partial charge in [0, 0.05) is 17.6 Å². The van der Waals surface area contributed by atoms with Crippen LogP contribution in [-0.2, 0) is 12.2 Å². The van der Waals surface area contributed by atoms with Crippen LogP contribution in [0.5, 0.6) is 5.75 Å². The van der Waals surface area contributed by atoms with Crippen LogP contribution < -0.4 is 22.1 Å². The summed E-state index contributed by atoms with van der Waals surface area (Å²) in [4.78, 5) is 13.2. The van der Waals surface area contributed by atoms with Crippen LogP contribution in [0.3, 0.4) is 0 Å². The molecule has 1 atom stereocenters. The van der Waals surface area contributed by atoms with E-state index in [1.54, 1.807) is 17.6 Å². The van der Waals surface area contributed by atoms with E-state index in [-0.39, 0.29) is 16.9 Å². The van der Waals surface area contributed by atoms with Crippen molar-refractivity contribution in [3.8, 4) is 5.75 Å². The Labute approximate surface area is 152 Å². The maximum Gasteiger partial charge on any atom is 0.261 e. The number of aryl methyl sites for hydroxylation is 2. The molecular weight excluding hydrogens is 328 g/mol. The number of hydrogen-bond acceptors (Lipinski definition) is 5. The zero-order valence-electron chi connectivity index (χ0n) is 15.2. The van der Waals surface area contributed by atoms with Crippen molar-refractivity contribution in [3.05, 3.63) is 70.0 Å². The summed E-state index contributed by atoms with van der Waals surface area (Å²) < 4.78 is 1.64. The average molecular weight is 352 g/mol. The number of aromatic nitrogens is 1. The summed E-state index contributed by atoms with van der Waals surface area (Å²) in [6, 6.07) is 15.0. The Morgan fingerprint density at radius 1 is 1.15 bits per heavy atom. The molecule has 1 heterocycles. The van der Waals surface area contributed by atoms with Gasteiger partial charge in [-0.25, -0.2) is 5.43 Å². The standard InChI is InChI=1S/C20H24N4O2/c1-4-24-16-8-6-5-7-15(16)18(25)17(19(24)26)20(3,23-21)22-14-11-9-13(2)10-12-14/h5-12,22-23,25H,4,21H2,1-3H3. The molecule has 0 aliphatic carbocycles. The maximum absolute atomic E-state index is 13.2. The van der Waals surface area contributed by atoms with Gasteiger partial charge >= 0.3 is 0 Å². The van der Waals surface area contributed by atoms with E-state index in [1.165, 1.54) is 0 Å². The molecule has 3 aromatic rings. The molecule has 6 nitrogen and oxygen atoms in total. The Bertz CT molecular complexity index is 995. The van der Waals surface area contributed by atoms with E-state index in [4.69, 9.17) is 5.84 Å². The summed E-state index contributed by atoms with van der Waals surface area (Å²) in [6.07, 6.45) is 0. The van der Waals surface area contributed by atoms with Gasteiger partial charge in [-0.3, -0.25) is 10.6 Å². The second-order valence-corrected chi connectivity index (χ2v) is 6.55. The Kier molecular flexibility index (Phi) is 4.71. The lowest BCUT2D eigenvalue weighted by Crippen LogP contribution is -2.53. The van der Waals surface area contributed by atoms with Crippen LogP contribution in [-0.4, -0.2) is 9.67 Å². The normalized spacial score (nSPS) is 13.5. The summed E-state index contributed by atoms with van der Waals surface area (Å²) in [5, 5.41) is 14.7. The molecule has 0 amide bonds. The molecule has 0 bridgehead atoms. The third kappa shape index (κ3) is 2.94. The van der Waals surface area contributed by atoms with Gasteiger partial charge in [-0.2, -0.15) is 0 Å². The van der Waals surface area contributed by atoms with Crippen LogP contribution in [0.2, 0.25) is 0 Å². The van der Waals surface area contributed by atoms with Gasteiger partial charge < -0.3 is 15.0 Å². The number of nitrogens with one attached hydrogen (secondary N) is 2. The Hall–Kier alpha value is -2.83. The van der Waals surface area contributed by atoms with E-state index in [9.17, 15) is 9.90 Å². The molecule has 0 saturated heterocycles. The first-order valence-electron chi connectivity index (χ1n) is 8.59. The molecule has 2 aromatic carbocycles. The third-order valence-electron chi connectivity index (χ3n) is 4.70. The number of hydrogen-bond donors (Lipinski definition) is 4. The summed E-state index contributed by atoms with van der Waals surface area (Å²) in [5.41, 5.74) is 4.01. The van der Waals surface area contributed by atoms with Crippen LogP contribution in [0, 0.1) is 6.92 Å². The number of hydrazine groups is 1. The van der Waals surface area contributed by atoms with Crippen LogP contribution in [0.1, 0.15) is 25.0 Å². The van der Waals surface area contributed by atoms with Gasteiger partial charge in [0.15, 0.2) is 0 Å². The summed E-state index contributed by atoms with van der Waals surface area (Å²) in [7, 11) is 0. The quantitative estimate of drug-likeness (QED) is 0.322. The number of rotatable bonds is 5. The molecule has 0 aliphatic rings. The highest BCUT2D eigenvalue weighted by atomic mass is 16.3. The highest BCUT2D eigenvalue weighted by molar-refractivity contribution is 5.86. The summed E-state index contributed by atoms with van der Waals surface area (Å²) in [6.45, 7) is 6.12. The summed E-state index contributed by atoms with van der Waals surface area (Å²) >= 11 is 0. The van der Waals surface area contributed by atoms with E-state index in [2.05, 4.69) is 10.7 Å². The third-order valence-corrected chi connectivity index (χ3v) is 4.70. The van der Waals surface area contributed by atoms with Gasteiger partial charge in [0.2, 0.25) is 0 Å². The lowest BCUT2D eigenvalue weighted by atomic mass is 9.98. The van der Waals surface area contributed by atoms with Gasteiger partial charge in [0.05, 0.1) is 5.52 Å². The fourth-order valence-corrected chi connectivity index (χ4v) is 3.25. The predicted molar refractivity (Wildman–Crippen MR) is 105 cm³/mol. The van der Waals surface area contributed by atoms with Gasteiger partial charge in [-0.1, -0.05) is 29.8 Å². The lowest BCUT2D eigenvalue weighted by Gasteiger charge is -2.32. The van der Waals surface area contributed by atoms with Crippen molar-refractivity contribution in [3.63, 3.8) is 0 Å². The van der Waals surface area contributed by atoms with E-state index in [0.717, 1.165) is 11.3 Å². The molecule has 0 aliphatic heterocycles. The molecule has 136 valence electrons. The van der Waals surface area contributed by atoms with E-state index in [0.29, 0.717) is 17.4 Å². The Balaban J connectivity index is 2.24. The molecule has 26 heavy (non-hydrogen) atoms. The van der Waals surface area contributed by atoms with Crippen molar-refractivity contribution in [2.24, 2.45) is 5.84 Å². The molecule has 3 rings (SSSR count). The van der Waals surface area contributed by atoms with Crippen LogP contribution in [0.4, 0.5) is 5.69 Å². The Morgan fingerprint density at radius 3 is 2.42 bits per heavy atom. The van der Waals surface area contributed by atoms with Crippen LogP contribution >= 0.6 is 0 Å². The van der Waals surface area contributed by atoms with Crippen molar-refractivity contribution < 1.29 is 5.11 Å². The average Bonchev–Trinajstić information content (AvgIpc) is 2.64. The van der Waals surface area contributed by atoms with E-state index in [1.807, 2.05) is 56.3 Å². The minimum atomic E-state index is -1.16. The topological polar surface area (TPSA) is 92.3 Å². The first kappa shape index (κ1) is 18.0. The molecule has 1 aromatic heterocycles. The number of nitrogens with zero attached hydrogens (tertiary/aromatic N) is 1. The minimum Gasteiger partial charge on any atom is -0.507 e. The van der Waals surface area contributed by atoms with Crippen LogP contribution in [0.25, 0.3) is 10.9 Å². The van der Waals surface area contributed by atoms with Gasteiger partial charge in [-0.15, -0.1) is 0 Å². The van der Waals surface area contributed by atoms with Crippen LogP contribution in [0.15, 0.2) is 53.3 Å². The number of para-hydroxylation sites is 1. The largest absolute Gasteiger partial charge is 0.507 e. The Morgan fingerprint density at radius 2 is 1.81 bits per heavy atom. The number of nitrogens with two attached hydrogens (primary N) is 1. The maximum atomic E-state index is 13.2. The number of fused-ring (bicyclic) bond motifs is 1. The fourth-order valence-electron chi connectivity index (χ4n) is 3.25. The molecule has 1 unspecified atom stereocenters. The second kappa shape index (κ2) is 6.82. The monoisotopic (exact) mass is 352 g/mol. The number of aromatic hydroxyl groups is 1. The van der Waals surface area contributed by atoms with Crippen molar-refractivity contribution in [2.45, 2.75) is 33.0 Å².